The molecule has 0 aromatic rings. The maximum absolute atomic E-state index is 11.7. The van der Waals surface area contributed by atoms with Crippen molar-refractivity contribution in [2.24, 2.45) is 5.92 Å². The Kier molecular flexibility index (Phi) is 6.13. The molecule has 0 aromatic carbocycles. The van der Waals surface area contributed by atoms with E-state index in [4.69, 9.17) is 14.0 Å². The van der Waals surface area contributed by atoms with E-state index >= 15 is 0 Å². The summed E-state index contributed by atoms with van der Waals surface area (Å²) in [6, 6.07) is 0. The first-order valence-corrected chi connectivity index (χ1v) is 9.66. The van der Waals surface area contributed by atoms with E-state index in [0.717, 1.165) is 32.0 Å². The monoisotopic (exact) mass is 367 g/mol. The first-order chi connectivity index (χ1) is 11.8. The van der Waals surface area contributed by atoms with Gasteiger partial charge in [-0.15, -0.1) is 0 Å². The van der Waals surface area contributed by atoms with Crippen molar-refractivity contribution in [3.8, 4) is 0 Å². The lowest BCUT2D eigenvalue weighted by Crippen LogP contribution is -2.58. The predicted molar refractivity (Wildman–Crippen MR) is 101 cm³/mol. The smallest absolute Gasteiger partial charge is 0.457 e. The Morgan fingerprint density at radius 1 is 1.08 bits per heavy atom. The molecule has 0 unspecified atom stereocenters. The van der Waals surface area contributed by atoms with E-state index in [1.54, 1.807) is 0 Å². The molecule has 26 heavy (non-hydrogen) atoms. The number of esters is 1. The van der Waals surface area contributed by atoms with Gasteiger partial charge in [-0.2, -0.15) is 0 Å². The lowest BCUT2D eigenvalue weighted by molar-refractivity contribution is -0.155. The molecule has 7 heteroatoms. The highest BCUT2D eigenvalue weighted by Crippen LogP contribution is 2.41. The summed E-state index contributed by atoms with van der Waals surface area (Å²) in [6.45, 7) is 13.1. The Morgan fingerprint density at radius 3 is 2.15 bits per heavy atom. The minimum Gasteiger partial charge on any atom is -0.460 e. The van der Waals surface area contributed by atoms with Gasteiger partial charge in [0.25, 0.3) is 0 Å². The Bertz CT molecular complexity index is 534. The molecule has 1 aliphatic heterocycles. The summed E-state index contributed by atoms with van der Waals surface area (Å²) in [5.41, 5.74) is -1.15. The zero-order valence-electron chi connectivity index (χ0n) is 17.3. The van der Waals surface area contributed by atoms with Crippen LogP contribution in [0.1, 0.15) is 74.1 Å². The Labute approximate surface area is 157 Å². The summed E-state index contributed by atoms with van der Waals surface area (Å²) in [6.07, 6.45) is 4.00. The highest BCUT2D eigenvalue weighted by molar-refractivity contribution is 6.45. The van der Waals surface area contributed by atoms with Crippen LogP contribution in [0.25, 0.3) is 0 Å². The standard InChI is InChI=1S/C19H34BNO5/c1-13(22)21-19(7)12-15(8-9-16(19)24-14(2)23)10-11-20-25-17(3,4)18(5,6)26-20/h15-16H,8-12H2,1-7H3,(H,21,22)/t15-,16+,19+/m0/s1. The lowest BCUT2D eigenvalue weighted by Gasteiger charge is -2.44. The second-order valence-electron chi connectivity index (χ2n) is 9.11. The minimum absolute atomic E-state index is 0.101. The van der Waals surface area contributed by atoms with Crippen molar-refractivity contribution in [3.05, 3.63) is 0 Å². The van der Waals surface area contributed by atoms with Crippen molar-refractivity contribution in [2.75, 3.05) is 0 Å². The molecule has 0 radical (unpaired) electrons. The maximum atomic E-state index is 11.7. The van der Waals surface area contributed by atoms with Crippen LogP contribution in [0.3, 0.4) is 0 Å². The summed E-state index contributed by atoms with van der Waals surface area (Å²) < 4.78 is 17.7. The highest BCUT2D eigenvalue weighted by Gasteiger charge is 2.51. The predicted octanol–water partition coefficient (Wildman–Crippen LogP) is 3.10. The lowest BCUT2D eigenvalue weighted by atomic mass is 9.70. The second-order valence-corrected chi connectivity index (χ2v) is 9.11. The van der Waals surface area contributed by atoms with Crippen molar-refractivity contribution < 1.29 is 23.6 Å². The Morgan fingerprint density at radius 2 is 1.65 bits per heavy atom. The molecule has 0 aromatic heterocycles. The van der Waals surface area contributed by atoms with Crippen LogP contribution in [0.4, 0.5) is 0 Å². The molecule has 0 spiro atoms. The molecule has 1 heterocycles. The average Bonchev–Trinajstić information content (AvgIpc) is 2.66. The third-order valence-corrected chi connectivity index (χ3v) is 6.14. The van der Waals surface area contributed by atoms with Crippen LogP contribution in [-0.4, -0.2) is 41.8 Å². The molecular formula is C19H34BNO5. The second kappa shape index (κ2) is 7.51. The van der Waals surface area contributed by atoms with E-state index in [9.17, 15) is 9.59 Å². The molecule has 1 N–H and O–H groups in total. The van der Waals surface area contributed by atoms with Gasteiger partial charge in [-0.1, -0.05) is 6.42 Å². The summed E-state index contributed by atoms with van der Waals surface area (Å²) in [5.74, 6) is 0.0242. The summed E-state index contributed by atoms with van der Waals surface area (Å²) >= 11 is 0. The van der Waals surface area contributed by atoms with E-state index in [-0.39, 0.29) is 36.3 Å². The molecule has 2 aliphatic rings. The quantitative estimate of drug-likeness (QED) is 0.597. The molecule has 2 rings (SSSR count). The van der Waals surface area contributed by atoms with Gasteiger partial charge < -0.3 is 19.4 Å². The van der Waals surface area contributed by atoms with Crippen molar-refractivity contribution in [2.45, 2.75) is 103 Å². The maximum Gasteiger partial charge on any atom is 0.457 e. The van der Waals surface area contributed by atoms with Gasteiger partial charge in [0, 0.05) is 13.8 Å². The largest absolute Gasteiger partial charge is 0.460 e. The fraction of sp³-hybridized carbons (Fsp3) is 0.895. The van der Waals surface area contributed by atoms with E-state index < -0.39 is 5.54 Å². The van der Waals surface area contributed by atoms with Crippen molar-refractivity contribution in [3.63, 3.8) is 0 Å². The fourth-order valence-corrected chi connectivity index (χ4v) is 4.16. The molecular weight excluding hydrogens is 333 g/mol. The van der Waals surface area contributed by atoms with E-state index in [1.807, 2.05) is 6.92 Å². The summed E-state index contributed by atoms with van der Waals surface area (Å²) in [7, 11) is -0.196. The molecule has 1 amide bonds. The average molecular weight is 367 g/mol. The van der Waals surface area contributed by atoms with Gasteiger partial charge >= 0.3 is 13.1 Å². The van der Waals surface area contributed by atoms with Gasteiger partial charge in [-0.05, 0) is 66.1 Å². The van der Waals surface area contributed by atoms with Crippen molar-refractivity contribution in [1.29, 1.82) is 0 Å². The van der Waals surface area contributed by atoms with Crippen molar-refractivity contribution in [1.82, 2.24) is 5.32 Å². The topological polar surface area (TPSA) is 73.9 Å². The van der Waals surface area contributed by atoms with E-state index in [1.165, 1.54) is 13.8 Å². The van der Waals surface area contributed by atoms with Crippen LogP contribution in [-0.2, 0) is 23.6 Å². The number of amides is 1. The number of carbonyl (C=O) groups excluding carboxylic acids is 2. The van der Waals surface area contributed by atoms with Gasteiger partial charge in [0.05, 0.1) is 16.7 Å². The molecule has 6 nitrogen and oxygen atoms in total. The number of ether oxygens (including phenoxy) is 1. The molecule has 1 saturated heterocycles. The zero-order valence-corrected chi connectivity index (χ0v) is 17.3. The molecule has 148 valence electrons. The number of hydrogen-bond donors (Lipinski definition) is 1. The Hall–Kier alpha value is -1.08. The molecule has 1 saturated carbocycles. The van der Waals surface area contributed by atoms with Gasteiger partial charge in [-0.25, -0.2) is 0 Å². The van der Waals surface area contributed by atoms with Gasteiger partial charge in [0.15, 0.2) is 0 Å². The van der Waals surface area contributed by atoms with Crippen LogP contribution in [0, 0.1) is 5.92 Å². The first-order valence-electron chi connectivity index (χ1n) is 9.66. The Balaban J connectivity index is 1.95. The minimum atomic E-state index is -0.531. The van der Waals surface area contributed by atoms with Crippen molar-refractivity contribution >= 4 is 19.0 Å². The molecule has 1 aliphatic carbocycles. The normalized spacial score (nSPS) is 33.0. The third kappa shape index (κ3) is 4.80. The zero-order chi connectivity index (χ0) is 19.8. The van der Waals surface area contributed by atoms with Crippen LogP contribution in [0.15, 0.2) is 0 Å². The van der Waals surface area contributed by atoms with Crippen LogP contribution in [0.2, 0.25) is 6.32 Å². The number of carbonyl (C=O) groups is 2. The van der Waals surface area contributed by atoms with E-state index in [2.05, 4.69) is 33.0 Å². The van der Waals surface area contributed by atoms with Crippen LogP contribution >= 0.6 is 0 Å². The van der Waals surface area contributed by atoms with Gasteiger partial charge in [0.1, 0.15) is 6.10 Å². The van der Waals surface area contributed by atoms with Crippen LogP contribution < -0.4 is 5.32 Å². The van der Waals surface area contributed by atoms with E-state index in [0.29, 0.717) is 5.92 Å². The SMILES string of the molecule is CC(=O)N[C@]1(C)C[C@H](CCB2OC(C)(C)C(C)(C)O2)CC[C@H]1OC(C)=O. The molecule has 2 fully saturated rings. The highest BCUT2D eigenvalue weighted by atomic mass is 16.7. The van der Waals surface area contributed by atoms with Crippen LogP contribution in [0.5, 0.6) is 0 Å². The van der Waals surface area contributed by atoms with Gasteiger partial charge in [0.2, 0.25) is 5.91 Å². The summed E-state index contributed by atoms with van der Waals surface area (Å²) in [4.78, 5) is 23.1. The summed E-state index contributed by atoms with van der Waals surface area (Å²) in [5, 5.41) is 3.02. The fourth-order valence-electron chi connectivity index (χ4n) is 4.16. The number of hydrogen-bond acceptors (Lipinski definition) is 5. The van der Waals surface area contributed by atoms with Gasteiger partial charge in [-0.3, -0.25) is 9.59 Å². The number of rotatable bonds is 5. The molecule has 3 atom stereocenters. The third-order valence-electron chi connectivity index (χ3n) is 6.14. The first kappa shape index (κ1) is 21.2. The number of nitrogens with one attached hydrogen (secondary N) is 1. The molecule has 0 bridgehead atoms.